The Labute approximate surface area is 108 Å². The topological polar surface area (TPSA) is 26.2 Å². The van der Waals surface area contributed by atoms with Gasteiger partial charge in [0, 0.05) is 24.0 Å². The minimum absolute atomic E-state index is 0.842. The van der Waals surface area contributed by atoms with Crippen molar-refractivity contribution in [3.05, 3.63) is 53.3 Å². The molecule has 1 heterocycles. The minimum Gasteiger partial charge on any atom is -0.496 e. The molecule has 0 spiro atoms. The maximum atomic E-state index is 5.42. The maximum absolute atomic E-state index is 5.42. The second kappa shape index (κ2) is 5.74. The molecule has 2 rings (SSSR count). The van der Waals surface area contributed by atoms with Crippen molar-refractivity contribution in [3.8, 4) is 5.75 Å². The Morgan fingerprint density at radius 1 is 1.28 bits per heavy atom. The summed E-state index contributed by atoms with van der Waals surface area (Å²) in [5.74, 6) is 0.949. The van der Waals surface area contributed by atoms with Gasteiger partial charge in [-0.1, -0.05) is 17.7 Å². The van der Waals surface area contributed by atoms with Crippen LogP contribution < -0.4 is 10.1 Å². The van der Waals surface area contributed by atoms with Crippen LogP contribution in [-0.4, -0.2) is 18.7 Å². The molecular formula is C15H20N2O. The first kappa shape index (κ1) is 12.7. The predicted octanol–water partition coefficient (Wildman–Crippen LogP) is 2.57. The Morgan fingerprint density at radius 2 is 2.11 bits per heavy atom. The lowest BCUT2D eigenvalue weighted by Crippen LogP contribution is -2.11. The first-order valence-corrected chi connectivity index (χ1v) is 6.16. The van der Waals surface area contributed by atoms with E-state index in [1.165, 1.54) is 16.8 Å². The molecule has 0 bridgehead atoms. The van der Waals surface area contributed by atoms with Crippen LogP contribution in [0.5, 0.6) is 5.75 Å². The molecule has 1 aromatic carbocycles. The van der Waals surface area contributed by atoms with Crippen molar-refractivity contribution in [1.82, 2.24) is 9.88 Å². The van der Waals surface area contributed by atoms with Crippen LogP contribution in [0.25, 0.3) is 0 Å². The molecule has 3 nitrogen and oxygen atoms in total. The van der Waals surface area contributed by atoms with Crippen LogP contribution in [0.4, 0.5) is 0 Å². The lowest BCUT2D eigenvalue weighted by Gasteiger charge is -2.13. The highest BCUT2D eigenvalue weighted by molar-refractivity contribution is 5.37. The molecule has 1 N–H and O–H groups in total. The largest absolute Gasteiger partial charge is 0.496 e. The molecule has 2 aromatic rings. The average Bonchev–Trinajstić information content (AvgIpc) is 2.78. The fourth-order valence-corrected chi connectivity index (χ4v) is 2.16. The summed E-state index contributed by atoms with van der Waals surface area (Å²) in [7, 11) is 3.68. The van der Waals surface area contributed by atoms with Gasteiger partial charge >= 0.3 is 0 Å². The lowest BCUT2D eigenvalue weighted by atomic mass is 10.1. The highest BCUT2D eigenvalue weighted by Gasteiger charge is 2.06. The summed E-state index contributed by atoms with van der Waals surface area (Å²) in [5, 5.41) is 3.18. The number of ether oxygens (including phenoxy) is 1. The van der Waals surface area contributed by atoms with Gasteiger partial charge in [-0.15, -0.1) is 0 Å². The van der Waals surface area contributed by atoms with Gasteiger partial charge in [0.1, 0.15) is 5.75 Å². The zero-order valence-corrected chi connectivity index (χ0v) is 11.2. The smallest absolute Gasteiger partial charge is 0.123 e. The zero-order chi connectivity index (χ0) is 13.0. The third-order valence-corrected chi connectivity index (χ3v) is 3.06. The second-order valence-corrected chi connectivity index (χ2v) is 4.47. The average molecular weight is 244 g/mol. The molecule has 0 atom stereocenters. The van der Waals surface area contributed by atoms with Crippen molar-refractivity contribution < 1.29 is 4.74 Å². The third-order valence-electron chi connectivity index (χ3n) is 3.06. The Morgan fingerprint density at radius 3 is 2.83 bits per heavy atom. The summed E-state index contributed by atoms with van der Waals surface area (Å²) in [6.07, 6.45) is 2.11. The van der Waals surface area contributed by atoms with E-state index in [0.717, 1.165) is 18.8 Å². The summed E-state index contributed by atoms with van der Waals surface area (Å²) in [5.41, 5.74) is 3.75. The van der Waals surface area contributed by atoms with Crippen molar-refractivity contribution in [2.45, 2.75) is 20.0 Å². The molecule has 0 saturated carbocycles. The number of hydrogen-bond donors (Lipinski definition) is 1. The van der Waals surface area contributed by atoms with Crippen LogP contribution in [0.15, 0.2) is 36.5 Å². The molecule has 0 amide bonds. The molecular weight excluding hydrogens is 224 g/mol. The van der Waals surface area contributed by atoms with E-state index in [4.69, 9.17) is 4.74 Å². The standard InChI is InChI=1S/C15H20N2O/c1-12-6-7-15(18-3)13(9-12)11-17-8-4-5-14(17)10-16-2/h4-9,16H,10-11H2,1-3H3. The van der Waals surface area contributed by atoms with E-state index in [-0.39, 0.29) is 0 Å². The van der Waals surface area contributed by atoms with Gasteiger partial charge in [-0.3, -0.25) is 0 Å². The summed E-state index contributed by atoms with van der Waals surface area (Å²) in [6, 6.07) is 10.5. The molecule has 0 aliphatic rings. The molecule has 0 fully saturated rings. The van der Waals surface area contributed by atoms with E-state index < -0.39 is 0 Å². The van der Waals surface area contributed by atoms with E-state index in [0.29, 0.717) is 0 Å². The van der Waals surface area contributed by atoms with Gasteiger partial charge in [0.15, 0.2) is 0 Å². The summed E-state index contributed by atoms with van der Waals surface area (Å²) in [4.78, 5) is 0. The molecule has 0 radical (unpaired) electrons. The number of nitrogens with zero attached hydrogens (tertiary/aromatic N) is 1. The fourth-order valence-electron chi connectivity index (χ4n) is 2.16. The molecule has 0 aliphatic heterocycles. The van der Waals surface area contributed by atoms with Crippen molar-refractivity contribution in [1.29, 1.82) is 0 Å². The first-order chi connectivity index (χ1) is 8.74. The minimum atomic E-state index is 0.842. The maximum Gasteiger partial charge on any atom is 0.123 e. The highest BCUT2D eigenvalue weighted by Crippen LogP contribution is 2.21. The predicted molar refractivity (Wildman–Crippen MR) is 74.0 cm³/mol. The quantitative estimate of drug-likeness (QED) is 0.875. The van der Waals surface area contributed by atoms with Crippen LogP contribution in [0.1, 0.15) is 16.8 Å². The van der Waals surface area contributed by atoms with Gasteiger partial charge in [0.2, 0.25) is 0 Å². The highest BCUT2D eigenvalue weighted by atomic mass is 16.5. The number of methoxy groups -OCH3 is 1. The van der Waals surface area contributed by atoms with Gasteiger partial charge in [-0.05, 0) is 32.2 Å². The van der Waals surface area contributed by atoms with Gasteiger partial charge in [0.05, 0.1) is 13.7 Å². The Bertz CT molecular complexity index is 517. The number of benzene rings is 1. The Kier molecular flexibility index (Phi) is 4.05. The van der Waals surface area contributed by atoms with Crippen LogP contribution in [-0.2, 0) is 13.1 Å². The van der Waals surface area contributed by atoms with Gasteiger partial charge in [-0.2, -0.15) is 0 Å². The molecule has 0 aliphatic carbocycles. The first-order valence-electron chi connectivity index (χ1n) is 6.16. The zero-order valence-electron chi connectivity index (χ0n) is 11.2. The molecule has 3 heteroatoms. The van der Waals surface area contributed by atoms with E-state index >= 15 is 0 Å². The van der Waals surface area contributed by atoms with E-state index in [1.54, 1.807) is 7.11 Å². The van der Waals surface area contributed by atoms with Crippen LogP contribution >= 0.6 is 0 Å². The van der Waals surface area contributed by atoms with Crippen molar-refractivity contribution >= 4 is 0 Å². The molecule has 0 unspecified atom stereocenters. The number of aryl methyl sites for hydroxylation is 1. The van der Waals surface area contributed by atoms with Crippen LogP contribution in [0, 0.1) is 6.92 Å². The van der Waals surface area contributed by atoms with Crippen LogP contribution in [0.2, 0.25) is 0 Å². The Hall–Kier alpha value is -1.74. The fraction of sp³-hybridized carbons (Fsp3) is 0.333. The molecule has 0 saturated heterocycles. The third kappa shape index (κ3) is 2.74. The number of rotatable bonds is 5. The van der Waals surface area contributed by atoms with Crippen LogP contribution in [0.3, 0.4) is 0 Å². The number of hydrogen-bond acceptors (Lipinski definition) is 2. The van der Waals surface area contributed by atoms with Gasteiger partial charge in [-0.25, -0.2) is 0 Å². The van der Waals surface area contributed by atoms with Crippen molar-refractivity contribution in [3.63, 3.8) is 0 Å². The second-order valence-electron chi connectivity index (χ2n) is 4.47. The summed E-state index contributed by atoms with van der Waals surface area (Å²) >= 11 is 0. The molecule has 18 heavy (non-hydrogen) atoms. The van der Waals surface area contributed by atoms with Gasteiger partial charge in [0.25, 0.3) is 0 Å². The molecule has 96 valence electrons. The SMILES string of the molecule is CNCc1cccn1Cc1cc(C)ccc1OC. The summed E-state index contributed by atoms with van der Waals surface area (Å²) in [6.45, 7) is 3.82. The normalized spacial score (nSPS) is 10.6. The summed E-state index contributed by atoms with van der Waals surface area (Å²) < 4.78 is 7.66. The van der Waals surface area contributed by atoms with Crippen molar-refractivity contribution in [2.75, 3.05) is 14.2 Å². The van der Waals surface area contributed by atoms with Crippen molar-refractivity contribution in [2.24, 2.45) is 0 Å². The lowest BCUT2D eigenvalue weighted by molar-refractivity contribution is 0.408. The van der Waals surface area contributed by atoms with E-state index in [2.05, 4.69) is 47.3 Å². The van der Waals surface area contributed by atoms with E-state index in [1.807, 2.05) is 13.1 Å². The monoisotopic (exact) mass is 244 g/mol. The number of nitrogens with one attached hydrogen (secondary N) is 1. The van der Waals surface area contributed by atoms with Gasteiger partial charge < -0.3 is 14.6 Å². The van der Waals surface area contributed by atoms with E-state index in [9.17, 15) is 0 Å². The number of aromatic nitrogens is 1. The Balaban J connectivity index is 2.27. The molecule has 1 aromatic heterocycles.